The fourth-order valence-corrected chi connectivity index (χ4v) is 13.9. The van der Waals surface area contributed by atoms with Crippen molar-refractivity contribution in [1.82, 2.24) is 29.9 Å². The minimum absolute atomic E-state index is 0. The normalized spacial score (nSPS) is 14.1. The lowest BCUT2D eigenvalue weighted by atomic mass is 9.63. The number of benzene rings is 12. The topological polar surface area (TPSA) is 142 Å². The summed E-state index contributed by atoms with van der Waals surface area (Å²) in [6.45, 7) is 15.8. The molecule has 2 aromatic heterocycles. The average molecular weight is 1350 g/mol. The summed E-state index contributed by atoms with van der Waals surface area (Å²) < 4.78 is 26.0. The molecule has 3 aliphatic rings. The van der Waals surface area contributed by atoms with Crippen LogP contribution in [-0.2, 0) is 20.1 Å². The maximum absolute atomic E-state index is 8.97. The molecule has 493 valence electrons. The number of para-hydroxylation sites is 2. The van der Waals surface area contributed by atoms with Gasteiger partial charge in [0.2, 0.25) is 5.28 Å². The van der Waals surface area contributed by atoms with Gasteiger partial charge >= 0.3 is 7.12 Å². The molecular formula is C88H64B2ClN8O4. The monoisotopic (exact) mass is 1350 g/mol. The van der Waals surface area contributed by atoms with E-state index in [1.165, 1.54) is 11.1 Å². The molecule has 0 atom stereocenters. The summed E-state index contributed by atoms with van der Waals surface area (Å²) in [5.41, 5.74) is 13.2. The smallest absolute Gasteiger partial charge is 0.457 e. The van der Waals surface area contributed by atoms with Gasteiger partial charge in [0, 0.05) is 58.5 Å². The van der Waals surface area contributed by atoms with E-state index in [-0.39, 0.29) is 13.7 Å². The van der Waals surface area contributed by atoms with E-state index in [1.807, 2.05) is 121 Å². The zero-order valence-corrected chi connectivity index (χ0v) is 57.5. The third-order valence-corrected chi connectivity index (χ3v) is 19.4. The lowest BCUT2D eigenvalue weighted by Crippen LogP contribution is -2.41. The molecule has 12 aromatic carbocycles. The Balaban J connectivity index is 0.000000139. The molecule has 17 rings (SSSR count). The molecule has 3 aliphatic heterocycles. The van der Waals surface area contributed by atoms with Crippen LogP contribution in [0.2, 0.25) is 5.28 Å². The molecule has 0 aliphatic carbocycles. The largest absolute Gasteiger partial charge is 0.494 e. The molecule has 12 nitrogen and oxygen atoms in total. The summed E-state index contributed by atoms with van der Waals surface area (Å²) in [5.74, 6) is 5.76. The van der Waals surface area contributed by atoms with Gasteiger partial charge < -0.3 is 18.8 Å². The number of hydrogen-bond acceptors (Lipinski definition) is 11. The van der Waals surface area contributed by atoms with Crippen LogP contribution < -0.4 is 14.9 Å². The number of halogens is 1. The van der Waals surface area contributed by atoms with E-state index in [0.717, 1.165) is 89.7 Å². The fraction of sp³-hybridized carbons (Fsp3) is 0.0909. The number of nitrogens with zero attached hydrogens (tertiary/aromatic N) is 8. The zero-order valence-electron chi connectivity index (χ0n) is 56.8. The highest BCUT2D eigenvalue weighted by Gasteiger charge is 2.53. The van der Waals surface area contributed by atoms with Crippen molar-refractivity contribution in [2.75, 3.05) is 0 Å². The molecular weight excluding hydrogens is 1290 g/mol. The first-order valence-corrected chi connectivity index (χ1v) is 33.9. The molecule has 103 heavy (non-hydrogen) atoms. The van der Waals surface area contributed by atoms with Crippen molar-refractivity contribution in [3.8, 4) is 86.0 Å². The van der Waals surface area contributed by atoms with Crippen molar-refractivity contribution >= 4 is 38.3 Å². The van der Waals surface area contributed by atoms with E-state index in [9.17, 15) is 0 Å². The Bertz CT molecular complexity index is 5400. The Labute approximate surface area is 606 Å². The van der Waals surface area contributed by atoms with E-state index in [4.69, 9.17) is 57.2 Å². The lowest BCUT2D eigenvalue weighted by molar-refractivity contribution is 0.00578. The first-order chi connectivity index (χ1) is 49.8. The molecule has 5 heterocycles. The van der Waals surface area contributed by atoms with Gasteiger partial charge in [0.25, 0.3) is 0 Å². The second-order valence-electron chi connectivity index (χ2n) is 25.9. The molecule has 3 radical (unpaired) electrons. The SMILES string of the molecule is CC1(C)OB(c2ccc3c(c2)Oc2ccccc2C3(c2ccccc2)c2ccccc2)OC1(C)C.N#Cc1cccc(-c2nc(Cl)nc(-c3ccccc3)n2)c1.[B].[C-]#[N+]c1cccc(-c2nc(-c3ccccc3)nc(-c3ccc4c(c3)Oc3ccccc3C4(c3ccccc3)c3ccccc3)n2)c1. The van der Waals surface area contributed by atoms with Crippen LogP contribution in [0.15, 0.2) is 315 Å². The molecule has 14 aromatic rings. The van der Waals surface area contributed by atoms with Crippen LogP contribution in [0.3, 0.4) is 0 Å². The minimum Gasteiger partial charge on any atom is -0.457 e. The molecule has 0 unspecified atom stereocenters. The van der Waals surface area contributed by atoms with Crippen LogP contribution in [0.4, 0.5) is 5.69 Å². The van der Waals surface area contributed by atoms with Crippen LogP contribution in [0.1, 0.15) is 77.8 Å². The molecule has 15 heteroatoms. The van der Waals surface area contributed by atoms with Gasteiger partial charge in [0.05, 0.1) is 40.2 Å². The second kappa shape index (κ2) is 28.7. The van der Waals surface area contributed by atoms with Crippen LogP contribution in [0.5, 0.6) is 23.0 Å². The molecule has 1 fully saturated rings. The Kier molecular flexibility index (Phi) is 18.9. The van der Waals surface area contributed by atoms with Crippen molar-refractivity contribution in [3.05, 3.63) is 382 Å². The third-order valence-electron chi connectivity index (χ3n) is 19.2. The van der Waals surface area contributed by atoms with E-state index in [1.54, 1.807) is 24.3 Å². The van der Waals surface area contributed by atoms with Gasteiger partial charge in [0.1, 0.15) is 23.0 Å². The second-order valence-corrected chi connectivity index (χ2v) is 26.2. The van der Waals surface area contributed by atoms with Crippen molar-refractivity contribution in [2.24, 2.45) is 0 Å². The van der Waals surface area contributed by atoms with Crippen LogP contribution in [0, 0.1) is 17.9 Å². The highest BCUT2D eigenvalue weighted by molar-refractivity contribution is 6.62. The number of ether oxygens (including phenoxy) is 2. The Morgan fingerprint density at radius 2 is 0.709 bits per heavy atom. The predicted molar refractivity (Wildman–Crippen MR) is 408 cm³/mol. The van der Waals surface area contributed by atoms with Gasteiger partial charge in [-0.2, -0.15) is 15.2 Å². The van der Waals surface area contributed by atoms with Gasteiger partial charge in [-0.1, -0.05) is 273 Å². The summed E-state index contributed by atoms with van der Waals surface area (Å²) in [6.07, 6.45) is 0. The van der Waals surface area contributed by atoms with Gasteiger partial charge in [0.15, 0.2) is 34.8 Å². The average Bonchev–Trinajstić information content (AvgIpc) is 1.15. The molecule has 1 saturated heterocycles. The first kappa shape index (κ1) is 67.7. The molecule has 0 N–H and O–H groups in total. The Hall–Kier alpha value is -12.4. The fourth-order valence-electron chi connectivity index (χ4n) is 13.7. The molecule has 0 saturated carbocycles. The van der Waals surface area contributed by atoms with Crippen LogP contribution >= 0.6 is 11.6 Å². The van der Waals surface area contributed by atoms with E-state index < -0.39 is 29.2 Å². The number of fused-ring (bicyclic) bond motifs is 4. The maximum atomic E-state index is 8.97. The minimum atomic E-state index is -0.606. The quantitative estimate of drug-likeness (QED) is 0.0954. The van der Waals surface area contributed by atoms with E-state index >= 15 is 0 Å². The van der Waals surface area contributed by atoms with Crippen molar-refractivity contribution in [1.29, 1.82) is 5.26 Å². The third kappa shape index (κ3) is 12.9. The van der Waals surface area contributed by atoms with Gasteiger partial charge in [-0.3, -0.25) is 0 Å². The van der Waals surface area contributed by atoms with Gasteiger partial charge in [-0.05, 0) is 109 Å². The molecule has 0 spiro atoms. The summed E-state index contributed by atoms with van der Waals surface area (Å²) in [4.78, 5) is 31.1. The van der Waals surface area contributed by atoms with Gasteiger partial charge in [-0.25, -0.2) is 24.8 Å². The Morgan fingerprint density at radius 1 is 0.359 bits per heavy atom. The number of hydrogen-bond donors (Lipinski definition) is 0. The highest BCUT2D eigenvalue weighted by Crippen LogP contribution is 2.57. The van der Waals surface area contributed by atoms with Crippen LogP contribution in [0.25, 0.3) is 61.8 Å². The predicted octanol–water partition coefficient (Wildman–Crippen LogP) is 19.7. The van der Waals surface area contributed by atoms with Crippen LogP contribution in [-0.4, -0.2) is 56.6 Å². The highest BCUT2D eigenvalue weighted by atomic mass is 35.5. The number of nitriles is 1. The molecule has 0 bridgehead atoms. The molecule has 0 amide bonds. The summed E-state index contributed by atoms with van der Waals surface area (Å²) in [7, 11) is -0.450. The maximum Gasteiger partial charge on any atom is 0.494 e. The van der Waals surface area contributed by atoms with Crippen molar-refractivity contribution in [2.45, 2.75) is 49.7 Å². The van der Waals surface area contributed by atoms with E-state index in [0.29, 0.717) is 40.4 Å². The summed E-state index contributed by atoms with van der Waals surface area (Å²) in [6, 6.07) is 108. The summed E-state index contributed by atoms with van der Waals surface area (Å²) in [5, 5.41) is 9.09. The summed E-state index contributed by atoms with van der Waals surface area (Å²) >= 11 is 6.00. The number of rotatable bonds is 10. The van der Waals surface area contributed by atoms with Gasteiger partial charge in [-0.15, -0.1) is 0 Å². The standard InChI is InChI=1S/C41H26N4O.C31H29BO3.C16H9ClN4.B/c1-42-33-21-13-16-29(26-33)39-43-38(28-14-5-2-6-15-28)44-40(45-39)30-24-25-35-37(27-30)46-36-23-12-11-22-34(36)41(35,31-17-7-3-8-18-31)32-19-9-4-10-20-32;1-29(2)30(3,4)35-32(34-29)24-19-20-26-28(21-24)33-27-18-12-11-17-25(27)31(26,22-13-7-5-8-14-22)23-15-9-6-10-16-23;17-16-20-14(12-6-2-1-3-7-12)19-15(21-16)13-8-4-5-11(9-13)10-18;/h2-27H;5-21H,1-4H3;1-9H;. The van der Waals surface area contributed by atoms with E-state index in [2.05, 4.69) is 223 Å². The zero-order chi connectivity index (χ0) is 69.8. The lowest BCUT2D eigenvalue weighted by Gasteiger charge is -2.41. The number of aromatic nitrogens is 6. The van der Waals surface area contributed by atoms with Crippen molar-refractivity contribution < 1.29 is 18.8 Å². The van der Waals surface area contributed by atoms with Crippen molar-refractivity contribution in [3.63, 3.8) is 0 Å². The Morgan fingerprint density at radius 3 is 1.17 bits per heavy atom. The first-order valence-electron chi connectivity index (χ1n) is 33.5.